The number of rotatable bonds is 3. The van der Waals surface area contributed by atoms with Gasteiger partial charge in [-0.15, -0.1) is 0 Å². The number of thiophene rings is 1. The summed E-state index contributed by atoms with van der Waals surface area (Å²) in [5.74, 6) is -1.09. The molecule has 0 bridgehead atoms. The highest BCUT2D eigenvalue weighted by Gasteiger charge is 2.31. The van der Waals surface area contributed by atoms with Gasteiger partial charge in [0.25, 0.3) is 5.91 Å². The lowest BCUT2D eigenvalue weighted by Crippen LogP contribution is -2.30. The summed E-state index contributed by atoms with van der Waals surface area (Å²) in [6.45, 7) is 2.53. The number of carboxylic acids is 1. The van der Waals surface area contributed by atoms with Gasteiger partial charge in [-0.3, -0.25) is 4.79 Å². The predicted octanol–water partition coefficient (Wildman–Crippen LogP) is 3.73. The van der Waals surface area contributed by atoms with E-state index in [4.69, 9.17) is 5.11 Å². The van der Waals surface area contributed by atoms with Crippen molar-refractivity contribution in [2.24, 2.45) is 0 Å². The van der Waals surface area contributed by atoms with Crippen LogP contribution in [0.4, 0.5) is 0 Å². The van der Waals surface area contributed by atoms with Crippen LogP contribution in [0.3, 0.4) is 0 Å². The van der Waals surface area contributed by atoms with Crippen molar-refractivity contribution in [2.75, 3.05) is 6.54 Å². The Morgan fingerprint density at radius 1 is 1.27 bits per heavy atom. The van der Waals surface area contributed by atoms with Crippen LogP contribution in [-0.4, -0.2) is 28.4 Å². The second-order valence-electron chi connectivity index (χ2n) is 5.61. The highest BCUT2D eigenvalue weighted by molar-refractivity contribution is 7.08. The van der Waals surface area contributed by atoms with Crippen LogP contribution < -0.4 is 0 Å². The zero-order chi connectivity index (χ0) is 15.7. The standard InChI is InChI=1S/C17H17NO3S/c1-11-7-13(9-14(8-11)17(20)21)16(19)18-5-2-3-15(18)12-4-6-22-10-12/h4,6-10,15H,2-3,5H2,1H3,(H,20,21). The topological polar surface area (TPSA) is 57.6 Å². The number of carbonyl (C=O) groups excluding carboxylic acids is 1. The van der Waals surface area contributed by atoms with Crippen molar-refractivity contribution in [1.82, 2.24) is 4.90 Å². The fraction of sp³-hybridized carbons (Fsp3) is 0.294. The minimum atomic E-state index is -1.01. The molecule has 1 aromatic heterocycles. The molecule has 22 heavy (non-hydrogen) atoms. The van der Waals surface area contributed by atoms with Crippen molar-refractivity contribution >= 4 is 23.2 Å². The first-order valence-corrected chi connectivity index (χ1v) is 8.18. The highest BCUT2D eigenvalue weighted by atomic mass is 32.1. The van der Waals surface area contributed by atoms with E-state index >= 15 is 0 Å². The number of amides is 1. The summed E-state index contributed by atoms with van der Waals surface area (Å²) in [5, 5.41) is 13.3. The van der Waals surface area contributed by atoms with Crippen molar-refractivity contribution in [1.29, 1.82) is 0 Å². The quantitative estimate of drug-likeness (QED) is 0.939. The normalized spacial score (nSPS) is 17.7. The molecule has 4 nitrogen and oxygen atoms in total. The molecule has 0 saturated carbocycles. The van der Waals surface area contributed by atoms with Crippen LogP contribution in [0.5, 0.6) is 0 Å². The van der Waals surface area contributed by atoms with E-state index in [1.165, 1.54) is 11.6 Å². The summed E-state index contributed by atoms with van der Waals surface area (Å²) < 4.78 is 0. The number of benzene rings is 1. The molecular weight excluding hydrogens is 298 g/mol. The molecule has 1 aromatic carbocycles. The average Bonchev–Trinajstić information content (AvgIpc) is 3.16. The first kappa shape index (κ1) is 14.8. The van der Waals surface area contributed by atoms with E-state index in [0.29, 0.717) is 5.56 Å². The van der Waals surface area contributed by atoms with Crippen LogP contribution in [0.25, 0.3) is 0 Å². The zero-order valence-electron chi connectivity index (χ0n) is 12.3. The maximum Gasteiger partial charge on any atom is 0.335 e. The van der Waals surface area contributed by atoms with E-state index in [1.54, 1.807) is 23.5 Å². The molecule has 1 N–H and O–H groups in total. The molecule has 1 unspecified atom stereocenters. The van der Waals surface area contributed by atoms with Gasteiger partial charge in [-0.25, -0.2) is 4.79 Å². The summed E-state index contributed by atoms with van der Waals surface area (Å²) in [4.78, 5) is 25.9. The van der Waals surface area contributed by atoms with Crippen molar-refractivity contribution in [2.45, 2.75) is 25.8 Å². The van der Waals surface area contributed by atoms with Gasteiger partial charge in [0.1, 0.15) is 0 Å². The summed E-state index contributed by atoms with van der Waals surface area (Å²) >= 11 is 1.63. The molecule has 1 aliphatic heterocycles. The van der Waals surface area contributed by atoms with E-state index in [2.05, 4.69) is 11.4 Å². The third kappa shape index (κ3) is 2.76. The van der Waals surface area contributed by atoms with E-state index in [9.17, 15) is 9.59 Å². The predicted molar refractivity (Wildman–Crippen MR) is 85.5 cm³/mol. The van der Waals surface area contributed by atoms with Crippen LogP contribution in [0.15, 0.2) is 35.0 Å². The molecule has 114 valence electrons. The maximum absolute atomic E-state index is 12.8. The lowest BCUT2D eigenvalue weighted by Gasteiger charge is -2.24. The third-order valence-corrected chi connectivity index (χ3v) is 4.71. The SMILES string of the molecule is Cc1cc(C(=O)O)cc(C(=O)N2CCCC2c2ccsc2)c1. The smallest absolute Gasteiger partial charge is 0.335 e. The molecule has 1 aliphatic rings. The van der Waals surface area contributed by atoms with E-state index in [1.807, 2.05) is 17.2 Å². The van der Waals surface area contributed by atoms with Crippen molar-refractivity contribution in [3.05, 3.63) is 57.3 Å². The second-order valence-corrected chi connectivity index (χ2v) is 6.39. The Hall–Kier alpha value is -2.14. The number of nitrogens with zero attached hydrogens (tertiary/aromatic N) is 1. The molecule has 0 aliphatic carbocycles. The minimum absolute atomic E-state index is 0.0834. The molecule has 1 fully saturated rings. The maximum atomic E-state index is 12.8. The molecule has 2 heterocycles. The average molecular weight is 315 g/mol. The van der Waals surface area contributed by atoms with Gasteiger partial charge in [-0.1, -0.05) is 0 Å². The molecule has 0 radical (unpaired) electrons. The molecule has 0 spiro atoms. The lowest BCUT2D eigenvalue weighted by molar-refractivity contribution is 0.0696. The Labute approximate surface area is 133 Å². The Balaban J connectivity index is 1.92. The van der Waals surface area contributed by atoms with E-state index < -0.39 is 5.97 Å². The fourth-order valence-corrected chi connectivity index (χ4v) is 3.72. The summed E-state index contributed by atoms with van der Waals surface area (Å²) in [5.41, 5.74) is 2.57. The number of hydrogen-bond acceptors (Lipinski definition) is 3. The van der Waals surface area contributed by atoms with E-state index in [0.717, 1.165) is 24.9 Å². The van der Waals surface area contributed by atoms with Crippen molar-refractivity contribution in [3.8, 4) is 0 Å². The molecule has 5 heteroatoms. The number of aromatic carboxylic acids is 1. The Morgan fingerprint density at radius 2 is 2.05 bits per heavy atom. The summed E-state index contributed by atoms with van der Waals surface area (Å²) in [6, 6.07) is 6.98. The minimum Gasteiger partial charge on any atom is -0.478 e. The third-order valence-electron chi connectivity index (χ3n) is 4.01. The second kappa shape index (κ2) is 5.93. The van der Waals surface area contributed by atoms with Gasteiger partial charge in [0.05, 0.1) is 11.6 Å². The molecule has 1 saturated heterocycles. The van der Waals surface area contributed by atoms with Crippen LogP contribution in [0.1, 0.15) is 50.7 Å². The van der Waals surface area contributed by atoms with Gasteiger partial charge in [0.2, 0.25) is 0 Å². The highest BCUT2D eigenvalue weighted by Crippen LogP contribution is 2.34. The monoisotopic (exact) mass is 315 g/mol. The summed E-state index contributed by atoms with van der Waals surface area (Å²) in [7, 11) is 0. The van der Waals surface area contributed by atoms with E-state index in [-0.39, 0.29) is 17.5 Å². The zero-order valence-corrected chi connectivity index (χ0v) is 13.1. The van der Waals surface area contributed by atoms with Gasteiger partial charge >= 0.3 is 5.97 Å². The van der Waals surface area contributed by atoms with Crippen LogP contribution in [-0.2, 0) is 0 Å². The van der Waals surface area contributed by atoms with Crippen LogP contribution in [0, 0.1) is 6.92 Å². The molecular formula is C17H17NO3S. The lowest BCUT2D eigenvalue weighted by atomic mass is 10.0. The van der Waals surface area contributed by atoms with Crippen molar-refractivity contribution in [3.63, 3.8) is 0 Å². The number of carboxylic acid groups (broad SMARTS) is 1. The Morgan fingerprint density at radius 3 is 2.73 bits per heavy atom. The Kier molecular flexibility index (Phi) is 3.98. The number of aryl methyl sites for hydroxylation is 1. The van der Waals surface area contributed by atoms with Gasteiger partial charge in [-0.2, -0.15) is 11.3 Å². The first-order valence-electron chi connectivity index (χ1n) is 7.24. The number of likely N-dealkylation sites (tertiary alicyclic amines) is 1. The molecule has 1 amide bonds. The van der Waals surface area contributed by atoms with Crippen LogP contribution in [0.2, 0.25) is 0 Å². The molecule has 2 aromatic rings. The Bertz CT molecular complexity index is 709. The largest absolute Gasteiger partial charge is 0.478 e. The van der Waals surface area contributed by atoms with Gasteiger partial charge < -0.3 is 10.0 Å². The molecule has 3 rings (SSSR count). The van der Waals surface area contributed by atoms with Crippen molar-refractivity contribution < 1.29 is 14.7 Å². The first-order chi connectivity index (χ1) is 10.6. The number of hydrogen-bond donors (Lipinski definition) is 1. The van der Waals surface area contributed by atoms with Gasteiger partial charge in [0, 0.05) is 12.1 Å². The van der Waals surface area contributed by atoms with Crippen LogP contribution >= 0.6 is 11.3 Å². The fourth-order valence-electron chi connectivity index (χ4n) is 3.02. The summed E-state index contributed by atoms with van der Waals surface area (Å²) in [6.07, 6.45) is 1.93. The number of carbonyl (C=O) groups is 2. The molecule has 1 atom stereocenters. The van der Waals surface area contributed by atoms with Gasteiger partial charge in [0.15, 0.2) is 0 Å². The van der Waals surface area contributed by atoms with Gasteiger partial charge in [-0.05, 0) is 65.9 Å².